The molecule has 7 heteroatoms. The molecule has 3 aromatic rings. The second kappa shape index (κ2) is 8.28. The molecule has 0 radical (unpaired) electrons. The Morgan fingerprint density at radius 2 is 1.71 bits per heavy atom. The molecule has 0 unspecified atom stereocenters. The number of carbonyl (C=O) groups is 1. The first-order valence-corrected chi connectivity index (χ1v) is 11.3. The van der Waals surface area contributed by atoms with Crippen molar-refractivity contribution in [3.05, 3.63) is 83.4 Å². The van der Waals surface area contributed by atoms with Gasteiger partial charge in [-0.05, 0) is 68.0 Å². The lowest BCUT2D eigenvalue weighted by Gasteiger charge is -2.10. The number of anilines is 2. The maximum Gasteiger partial charge on any atom is 0.261 e. The first-order chi connectivity index (χ1) is 14.9. The van der Waals surface area contributed by atoms with Gasteiger partial charge in [-0.1, -0.05) is 29.8 Å². The van der Waals surface area contributed by atoms with Crippen LogP contribution < -0.4 is 14.8 Å². The van der Waals surface area contributed by atoms with Gasteiger partial charge in [0.15, 0.2) is 0 Å². The van der Waals surface area contributed by atoms with Crippen molar-refractivity contribution in [1.82, 2.24) is 0 Å². The first kappa shape index (κ1) is 20.7. The third kappa shape index (κ3) is 4.46. The van der Waals surface area contributed by atoms with Crippen LogP contribution in [0.2, 0.25) is 0 Å². The highest BCUT2D eigenvalue weighted by molar-refractivity contribution is 7.92. The molecule has 1 heterocycles. The summed E-state index contributed by atoms with van der Waals surface area (Å²) in [5.41, 5.74) is 3.98. The summed E-state index contributed by atoms with van der Waals surface area (Å²) in [7, 11) is -3.84. The van der Waals surface area contributed by atoms with E-state index in [2.05, 4.69) is 10.0 Å². The van der Waals surface area contributed by atoms with Crippen molar-refractivity contribution in [2.24, 2.45) is 0 Å². The molecule has 1 amide bonds. The molecule has 158 valence electrons. The highest BCUT2D eigenvalue weighted by Crippen LogP contribution is 2.35. The van der Waals surface area contributed by atoms with Crippen molar-refractivity contribution >= 4 is 39.0 Å². The molecule has 0 aromatic heterocycles. The summed E-state index contributed by atoms with van der Waals surface area (Å²) in [5, 5.41) is 2.79. The van der Waals surface area contributed by atoms with Crippen LogP contribution in [0, 0.1) is 6.92 Å². The molecule has 31 heavy (non-hydrogen) atoms. The standard InChI is InChI=1S/C24H22N2O4S/c1-3-30-19-10-8-18(9-11-19)26-31(28,29)20-12-13-23-21(15-20)22(24(27)25-23)14-17-6-4-16(2)5-7-17/h4-15,26H,3H2,1-2H3,(H,25,27)/b22-14-. The Bertz CT molecular complexity index is 1260. The van der Waals surface area contributed by atoms with Crippen molar-refractivity contribution < 1.29 is 17.9 Å². The van der Waals surface area contributed by atoms with Crippen LogP contribution in [0.15, 0.2) is 71.6 Å². The Kier molecular flexibility index (Phi) is 5.52. The molecule has 6 nitrogen and oxygen atoms in total. The maximum atomic E-state index is 12.9. The highest BCUT2D eigenvalue weighted by Gasteiger charge is 2.26. The van der Waals surface area contributed by atoms with Crippen LogP contribution in [0.3, 0.4) is 0 Å². The van der Waals surface area contributed by atoms with Gasteiger partial charge < -0.3 is 10.1 Å². The minimum Gasteiger partial charge on any atom is -0.494 e. The lowest BCUT2D eigenvalue weighted by molar-refractivity contribution is -0.110. The van der Waals surface area contributed by atoms with Crippen LogP contribution in [-0.2, 0) is 14.8 Å². The van der Waals surface area contributed by atoms with Gasteiger partial charge in [0.1, 0.15) is 5.75 Å². The number of ether oxygens (including phenoxy) is 1. The van der Waals surface area contributed by atoms with E-state index in [0.717, 1.165) is 11.1 Å². The molecule has 1 aliphatic heterocycles. The van der Waals surface area contributed by atoms with Crippen LogP contribution in [0.1, 0.15) is 23.6 Å². The van der Waals surface area contributed by atoms with Crippen LogP contribution in [0.5, 0.6) is 5.75 Å². The monoisotopic (exact) mass is 434 g/mol. The number of sulfonamides is 1. The van der Waals surface area contributed by atoms with Crippen molar-refractivity contribution in [3.8, 4) is 5.75 Å². The number of rotatable bonds is 6. The number of carbonyl (C=O) groups excluding carboxylic acids is 1. The smallest absolute Gasteiger partial charge is 0.261 e. The molecular weight excluding hydrogens is 412 g/mol. The topological polar surface area (TPSA) is 84.5 Å². The summed E-state index contributed by atoms with van der Waals surface area (Å²) in [6, 6.07) is 19.1. The Balaban J connectivity index is 1.64. The molecule has 0 fully saturated rings. The Hall–Kier alpha value is -3.58. The lowest BCUT2D eigenvalue weighted by atomic mass is 10.0. The minimum absolute atomic E-state index is 0.0754. The Labute approximate surface area is 181 Å². The van der Waals surface area contributed by atoms with Gasteiger partial charge in [0.05, 0.1) is 11.5 Å². The number of benzene rings is 3. The van der Waals surface area contributed by atoms with E-state index >= 15 is 0 Å². The lowest BCUT2D eigenvalue weighted by Crippen LogP contribution is -2.13. The van der Waals surface area contributed by atoms with E-state index in [4.69, 9.17) is 4.74 Å². The van der Waals surface area contributed by atoms with Crippen molar-refractivity contribution in [3.63, 3.8) is 0 Å². The van der Waals surface area contributed by atoms with Gasteiger partial charge in [0, 0.05) is 22.5 Å². The third-order valence-electron chi connectivity index (χ3n) is 4.89. The van der Waals surface area contributed by atoms with E-state index in [9.17, 15) is 13.2 Å². The average Bonchev–Trinajstić information content (AvgIpc) is 3.05. The van der Waals surface area contributed by atoms with Crippen LogP contribution in [-0.4, -0.2) is 20.9 Å². The molecule has 3 aromatic carbocycles. The normalized spacial score (nSPS) is 14.3. The zero-order valence-electron chi connectivity index (χ0n) is 17.2. The quantitative estimate of drug-likeness (QED) is 0.552. The molecule has 4 rings (SSSR count). The van der Waals surface area contributed by atoms with E-state index in [1.165, 1.54) is 12.1 Å². The predicted octanol–water partition coefficient (Wildman–Crippen LogP) is 4.69. The number of nitrogens with one attached hydrogen (secondary N) is 2. The molecule has 0 bridgehead atoms. The van der Waals surface area contributed by atoms with Gasteiger partial charge in [-0.25, -0.2) is 8.42 Å². The highest BCUT2D eigenvalue weighted by atomic mass is 32.2. The number of hydrogen-bond donors (Lipinski definition) is 2. The molecule has 2 N–H and O–H groups in total. The summed E-state index contributed by atoms with van der Waals surface area (Å²) in [4.78, 5) is 12.6. The Morgan fingerprint density at radius 3 is 2.39 bits per heavy atom. The van der Waals surface area contributed by atoms with Gasteiger partial charge in [-0.2, -0.15) is 0 Å². The summed E-state index contributed by atoms with van der Waals surface area (Å²) >= 11 is 0. The average molecular weight is 435 g/mol. The largest absolute Gasteiger partial charge is 0.494 e. The predicted molar refractivity (Wildman–Crippen MR) is 123 cm³/mol. The van der Waals surface area contributed by atoms with Gasteiger partial charge in [0.25, 0.3) is 15.9 Å². The molecule has 0 saturated carbocycles. The van der Waals surface area contributed by atoms with Crippen molar-refractivity contribution in [2.45, 2.75) is 18.7 Å². The minimum atomic E-state index is -3.84. The maximum absolute atomic E-state index is 12.9. The second-order valence-electron chi connectivity index (χ2n) is 7.19. The van der Waals surface area contributed by atoms with Crippen LogP contribution in [0.25, 0.3) is 11.6 Å². The van der Waals surface area contributed by atoms with E-state index in [1.54, 1.807) is 36.4 Å². The van der Waals surface area contributed by atoms with E-state index in [1.807, 2.05) is 38.1 Å². The summed E-state index contributed by atoms with van der Waals surface area (Å²) in [6.45, 7) is 4.40. The fourth-order valence-electron chi connectivity index (χ4n) is 3.31. The molecular formula is C24H22N2O4S. The number of fused-ring (bicyclic) bond motifs is 1. The molecule has 0 atom stereocenters. The number of aryl methyl sites for hydroxylation is 1. The molecule has 0 saturated heterocycles. The SMILES string of the molecule is CCOc1ccc(NS(=O)(=O)c2ccc3c(c2)/C(=C/c2ccc(C)cc2)C(=O)N3)cc1. The van der Waals surface area contributed by atoms with Crippen LogP contribution in [0.4, 0.5) is 11.4 Å². The van der Waals surface area contributed by atoms with Gasteiger partial charge >= 0.3 is 0 Å². The van der Waals surface area contributed by atoms with Crippen molar-refractivity contribution in [2.75, 3.05) is 16.6 Å². The van der Waals surface area contributed by atoms with E-state index in [0.29, 0.717) is 34.9 Å². The van der Waals surface area contributed by atoms with Crippen LogP contribution >= 0.6 is 0 Å². The summed E-state index contributed by atoms with van der Waals surface area (Å²) in [6.07, 6.45) is 1.76. The zero-order valence-corrected chi connectivity index (χ0v) is 18.0. The molecule has 0 spiro atoms. The van der Waals surface area contributed by atoms with Crippen molar-refractivity contribution in [1.29, 1.82) is 0 Å². The van der Waals surface area contributed by atoms with E-state index in [-0.39, 0.29) is 10.8 Å². The van der Waals surface area contributed by atoms with E-state index < -0.39 is 10.0 Å². The Morgan fingerprint density at radius 1 is 1.00 bits per heavy atom. The van der Waals surface area contributed by atoms with Gasteiger partial charge in [-0.3, -0.25) is 9.52 Å². The second-order valence-corrected chi connectivity index (χ2v) is 8.88. The number of hydrogen-bond acceptors (Lipinski definition) is 4. The number of amides is 1. The molecule has 1 aliphatic rings. The molecule has 0 aliphatic carbocycles. The van der Waals surface area contributed by atoms with Gasteiger partial charge in [-0.15, -0.1) is 0 Å². The fourth-order valence-corrected chi connectivity index (χ4v) is 4.39. The zero-order chi connectivity index (χ0) is 22.0. The third-order valence-corrected chi connectivity index (χ3v) is 6.27. The summed E-state index contributed by atoms with van der Waals surface area (Å²) in [5.74, 6) is 0.406. The first-order valence-electron chi connectivity index (χ1n) is 9.85. The van der Waals surface area contributed by atoms with Gasteiger partial charge in [0.2, 0.25) is 0 Å². The fraction of sp³-hybridized carbons (Fsp3) is 0.125. The summed E-state index contributed by atoms with van der Waals surface area (Å²) < 4.78 is 33.8.